The summed E-state index contributed by atoms with van der Waals surface area (Å²) in [6.45, 7) is 0. The Balaban J connectivity index is 2.84. The van der Waals surface area contributed by atoms with Gasteiger partial charge in [0.15, 0.2) is 0 Å². The number of benzene rings is 1. The summed E-state index contributed by atoms with van der Waals surface area (Å²) in [6.07, 6.45) is 0. The van der Waals surface area contributed by atoms with E-state index >= 15 is 0 Å². The molecule has 0 fully saturated rings. The average Bonchev–Trinajstić information content (AvgIpc) is 2.16. The number of rotatable bonds is 1. The van der Waals surface area contributed by atoms with Crippen molar-refractivity contribution in [3.8, 4) is 0 Å². The molecule has 2 aromatic rings. The van der Waals surface area contributed by atoms with Crippen molar-refractivity contribution in [2.45, 2.75) is 5.88 Å². The van der Waals surface area contributed by atoms with Gasteiger partial charge in [-0.3, -0.25) is 4.79 Å². The summed E-state index contributed by atoms with van der Waals surface area (Å²) in [5.41, 5.74) is 0.374. The van der Waals surface area contributed by atoms with E-state index in [1.165, 1.54) is 0 Å². The van der Waals surface area contributed by atoms with E-state index in [9.17, 15) is 4.79 Å². The van der Waals surface area contributed by atoms with Crippen LogP contribution in [0.4, 0.5) is 0 Å². The van der Waals surface area contributed by atoms with E-state index in [0.29, 0.717) is 21.7 Å². The molecule has 0 bridgehead atoms. The average molecular weight is 229 g/mol. The first kappa shape index (κ1) is 9.49. The number of aromatic nitrogens is 2. The standard InChI is InChI=1S/C9H6Cl2N2O/c10-4-8-12-7-3-5(11)1-2-6(7)9(14)13-8/h1-3H,4H2,(H,12,13,14). The van der Waals surface area contributed by atoms with Gasteiger partial charge in [-0.2, -0.15) is 4.98 Å². The van der Waals surface area contributed by atoms with Gasteiger partial charge in [-0.05, 0) is 18.2 Å². The minimum absolute atomic E-state index is 0.178. The molecular weight excluding hydrogens is 223 g/mol. The highest BCUT2D eigenvalue weighted by molar-refractivity contribution is 6.31. The highest BCUT2D eigenvalue weighted by Gasteiger charge is 2.02. The largest absolute Gasteiger partial charge is 0.342 e. The minimum Gasteiger partial charge on any atom is -0.342 e. The van der Waals surface area contributed by atoms with Crippen LogP contribution in [0.15, 0.2) is 23.0 Å². The molecule has 1 aromatic heterocycles. The van der Waals surface area contributed by atoms with Crippen molar-refractivity contribution in [2.75, 3.05) is 0 Å². The highest BCUT2D eigenvalue weighted by Crippen LogP contribution is 2.14. The predicted molar refractivity (Wildman–Crippen MR) is 56.9 cm³/mol. The molecule has 1 aromatic carbocycles. The van der Waals surface area contributed by atoms with Crippen molar-refractivity contribution in [1.29, 1.82) is 0 Å². The van der Waals surface area contributed by atoms with Crippen LogP contribution >= 0.6 is 23.2 Å². The number of alkyl halides is 1. The number of halogens is 2. The lowest BCUT2D eigenvalue weighted by Crippen LogP contribution is -2.10. The highest BCUT2D eigenvalue weighted by atomic mass is 35.5. The van der Waals surface area contributed by atoms with E-state index in [-0.39, 0.29) is 11.4 Å². The molecule has 0 saturated carbocycles. The Morgan fingerprint density at radius 3 is 2.93 bits per heavy atom. The second kappa shape index (κ2) is 3.59. The lowest BCUT2D eigenvalue weighted by molar-refractivity contribution is 1.04. The third kappa shape index (κ3) is 1.61. The fraction of sp³-hybridized carbons (Fsp3) is 0.111. The maximum atomic E-state index is 11.4. The van der Waals surface area contributed by atoms with Crippen LogP contribution in [-0.2, 0) is 5.88 Å². The van der Waals surface area contributed by atoms with E-state index in [2.05, 4.69) is 9.97 Å². The quantitative estimate of drug-likeness (QED) is 0.762. The van der Waals surface area contributed by atoms with E-state index in [0.717, 1.165) is 0 Å². The van der Waals surface area contributed by atoms with Crippen molar-refractivity contribution in [1.82, 2.24) is 9.97 Å². The molecular formula is C9H6Cl2N2O. The van der Waals surface area contributed by atoms with Crippen LogP contribution in [0.3, 0.4) is 0 Å². The molecule has 0 unspecified atom stereocenters. The molecule has 0 amide bonds. The topological polar surface area (TPSA) is 45.8 Å². The normalized spacial score (nSPS) is 10.7. The number of hydrogen-bond acceptors (Lipinski definition) is 2. The van der Waals surface area contributed by atoms with Crippen LogP contribution in [-0.4, -0.2) is 9.97 Å². The lowest BCUT2D eigenvalue weighted by Gasteiger charge is -2.00. The summed E-state index contributed by atoms with van der Waals surface area (Å²) >= 11 is 11.4. The van der Waals surface area contributed by atoms with Crippen molar-refractivity contribution in [3.05, 3.63) is 39.4 Å². The minimum atomic E-state index is -0.286. The van der Waals surface area contributed by atoms with Gasteiger partial charge in [0.05, 0.1) is 16.8 Å². The molecule has 5 heteroatoms. The van der Waals surface area contributed by atoms with Gasteiger partial charge >= 0.3 is 0 Å². The number of aromatic amines is 1. The van der Waals surface area contributed by atoms with Gasteiger partial charge in [-0.25, -0.2) is 0 Å². The van der Waals surface area contributed by atoms with E-state index < -0.39 is 0 Å². The fourth-order valence-corrected chi connectivity index (χ4v) is 1.53. The second-order valence-electron chi connectivity index (χ2n) is 2.81. The molecule has 0 atom stereocenters. The molecule has 1 heterocycles. The Hall–Kier alpha value is -1.06. The van der Waals surface area contributed by atoms with Crippen LogP contribution in [0.5, 0.6) is 0 Å². The molecule has 0 aliphatic heterocycles. The van der Waals surface area contributed by atoms with Crippen LogP contribution in [0.25, 0.3) is 10.9 Å². The number of nitrogens with zero attached hydrogens (tertiary/aromatic N) is 1. The van der Waals surface area contributed by atoms with Crippen molar-refractivity contribution in [3.63, 3.8) is 0 Å². The molecule has 3 nitrogen and oxygen atoms in total. The predicted octanol–water partition coefficient (Wildman–Crippen LogP) is 2.32. The third-order valence-corrected chi connectivity index (χ3v) is 2.34. The monoisotopic (exact) mass is 228 g/mol. The maximum absolute atomic E-state index is 11.4. The van der Waals surface area contributed by atoms with Gasteiger partial charge in [0.1, 0.15) is 5.82 Å². The summed E-state index contributed by atoms with van der Waals surface area (Å²) in [6, 6.07) is 4.97. The lowest BCUT2D eigenvalue weighted by atomic mass is 10.2. The number of fused-ring (bicyclic) bond motifs is 1. The van der Waals surface area contributed by atoms with Crippen molar-refractivity contribution < 1.29 is 0 Å². The molecule has 0 spiro atoms. The van der Waals surface area contributed by atoms with Crippen LogP contribution in [0.2, 0.25) is 5.02 Å². The van der Waals surface area contributed by atoms with Gasteiger partial charge < -0.3 is 4.98 Å². The molecule has 14 heavy (non-hydrogen) atoms. The molecule has 0 radical (unpaired) electrons. The fourth-order valence-electron chi connectivity index (χ4n) is 1.24. The third-order valence-electron chi connectivity index (χ3n) is 1.85. The first-order chi connectivity index (χ1) is 6.70. The number of nitrogens with one attached hydrogen (secondary N) is 1. The summed E-state index contributed by atoms with van der Waals surface area (Å²) in [5.74, 6) is 0.629. The van der Waals surface area contributed by atoms with Gasteiger partial charge in [-0.1, -0.05) is 11.6 Å². The number of H-pyrrole nitrogens is 1. The summed E-state index contributed by atoms with van der Waals surface area (Å²) in [5, 5.41) is 1.09. The van der Waals surface area contributed by atoms with E-state index in [1.807, 2.05) is 0 Å². The SMILES string of the molecule is O=c1nc(CCl)[nH]c2cc(Cl)ccc12. The van der Waals surface area contributed by atoms with Gasteiger partial charge in [0, 0.05) is 5.02 Å². The summed E-state index contributed by atoms with van der Waals surface area (Å²) in [7, 11) is 0. The van der Waals surface area contributed by atoms with Gasteiger partial charge in [0.2, 0.25) is 0 Å². The zero-order chi connectivity index (χ0) is 10.1. The van der Waals surface area contributed by atoms with Crippen LogP contribution in [0, 0.1) is 0 Å². The first-order valence-corrected chi connectivity index (χ1v) is 4.86. The molecule has 0 aliphatic rings. The zero-order valence-corrected chi connectivity index (χ0v) is 8.56. The van der Waals surface area contributed by atoms with Gasteiger partial charge in [-0.15, -0.1) is 11.6 Å². The van der Waals surface area contributed by atoms with Crippen molar-refractivity contribution in [2.24, 2.45) is 0 Å². The molecule has 72 valence electrons. The Bertz CT molecular complexity index is 536. The summed E-state index contributed by atoms with van der Waals surface area (Å²) in [4.78, 5) is 18.1. The maximum Gasteiger partial charge on any atom is 0.280 e. The van der Waals surface area contributed by atoms with Crippen LogP contribution < -0.4 is 5.56 Å². The zero-order valence-electron chi connectivity index (χ0n) is 7.05. The number of hydrogen-bond donors (Lipinski definition) is 1. The Labute approximate surface area is 89.7 Å². The Morgan fingerprint density at radius 1 is 1.43 bits per heavy atom. The second-order valence-corrected chi connectivity index (χ2v) is 3.52. The summed E-state index contributed by atoms with van der Waals surface area (Å²) < 4.78 is 0. The Morgan fingerprint density at radius 2 is 2.21 bits per heavy atom. The van der Waals surface area contributed by atoms with Gasteiger partial charge in [0.25, 0.3) is 5.56 Å². The molecule has 1 N–H and O–H groups in total. The van der Waals surface area contributed by atoms with Crippen molar-refractivity contribution >= 4 is 34.1 Å². The molecule has 0 aliphatic carbocycles. The van der Waals surface area contributed by atoms with Crippen LogP contribution in [0.1, 0.15) is 5.82 Å². The smallest absolute Gasteiger partial charge is 0.280 e. The molecule has 0 saturated heterocycles. The first-order valence-electron chi connectivity index (χ1n) is 3.95. The van der Waals surface area contributed by atoms with E-state index in [4.69, 9.17) is 23.2 Å². The Kier molecular flexibility index (Phi) is 2.44. The van der Waals surface area contributed by atoms with E-state index in [1.54, 1.807) is 18.2 Å². The molecule has 2 rings (SSSR count).